The van der Waals surface area contributed by atoms with E-state index in [1.165, 1.54) is 98.3 Å². The van der Waals surface area contributed by atoms with Gasteiger partial charge in [-0.15, -0.1) is 0 Å². The molecule has 0 radical (unpaired) electrons. The van der Waals surface area contributed by atoms with E-state index in [2.05, 4.69) is 51.2 Å². The van der Waals surface area contributed by atoms with Gasteiger partial charge in [-0.3, -0.25) is 0 Å². The maximum Gasteiger partial charge on any atom is -1.00 e. The summed E-state index contributed by atoms with van der Waals surface area (Å²) in [5.41, 5.74) is 9.87. The SMILES string of the molecule is CCc1cc2c([cH-]1)CCCC2.CCc1cc2c([cH-]1)CCCC2.C[Si](C)=[Hf+2].[Cl-].[Cl-]. The number of hydrogen-bond donors (Lipinski definition) is 0. The van der Waals surface area contributed by atoms with Crippen LogP contribution in [0.2, 0.25) is 13.1 Å². The zero-order valence-electron chi connectivity index (χ0n) is 18.1. The molecule has 0 atom stereocenters. The first-order valence-corrected chi connectivity index (χ1v) is 18.5. The zero-order valence-corrected chi connectivity index (χ0v) is 24.2. The summed E-state index contributed by atoms with van der Waals surface area (Å²) >= 11 is 1.45. The first-order chi connectivity index (χ1) is 12.5. The third kappa shape index (κ3) is 9.45. The van der Waals surface area contributed by atoms with Gasteiger partial charge in [0.15, 0.2) is 0 Å². The Bertz CT molecular complexity index is 594. The van der Waals surface area contributed by atoms with Gasteiger partial charge in [0.05, 0.1) is 0 Å². The van der Waals surface area contributed by atoms with Crippen LogP contribution < -0.4 is 24.8 Å². The van der Waals surface area contributed by atoms with Gasteiger partial charge in [-0.2, -0.15) is 45.5 Å². The summed E-state index contributed by atoms with van der Waals surface area (Å²) in [6.45, 7) is 9.13. The van der Waals surface area contributed by atoms with Crippen LogP contribution in [-0.4, -0.2) is 5.49 Å². The Kier molecular flexibility index (Phi) is 15.4. The van der Waals surface area contributed by atoms with E-state index < -0.39 is 0 Å². The maximum atomic E-state index is 2.40. The second-order valence-electron chi connectivity index (χ2n) is 7.95. The molecule has 0 amide bonds. The summed E-state index contributed by atoms with van der Waals surface area (Å²) in [6, 6.07) is 9.59. The van der Waals surface area contributed by atoms with E-state index in [0.717, 1.165) is 0 Å². The van der Waals surface area contributed by atoms with Crippen LogP contribution in [0.25, 0.3) is 0 Å². The molecule has 0 bridgehead atoms. The molecule has 28 heavy (non-hydrogen) atoms. The van der Waals surface area contributed by atoms with Crippen molar-refractivity contribution in [2.75, 3.05) is 0 Å². The first-order valence-electron chi connectivity index (χ1n) is 10.6. The summed E-state index contributed by atoms with van der Waals surface area (Å²) in [7, 11) is 0. The third-order valence-corrected chi connectivity index (χ3v) is 5.36. The van der Waals surface area contributed by atoms with Gasteiger partial charge >= 0.3 is 41.6 Å². The van der Waals surface area contributed by atoms with Gasteiger partial charge < -0.3 is 24.8 Å². The third-order valence-electron chi connectivity index (χ3n) is 5.36. The van der Waals surface area contributed by atoms with Crippen LogP contribution in [0.15, 0.2) is 24.3 Å². The summed E-state index contributed by atoms with van der Waals surface area (Å²) < 4.78 is 0. The molecule has 0 heterocycles. The second kappa shape index (κ2) is 15.2. The Hall–Kier alpha value is 0.367. The molecular formula is C24H36Cl2HfSi-2. The van der Waals surface area contributed by atoms with Crippen molar-refractivity contribution in [3.05, 3.63) is 57.6 Å². The Morgan fingerprint density at radius 1 is 0.750 bits per heavy atom. The molecule has 0 fully saturated rings. The van der Waals surface area contributed by atoms with Gasteiger partial charge in [0.1, 0.15) is 0 Å². The number of rotatable bonds is 2. The van der Waals surface area contributed by atoms with E-state index in [-0.39, 0.29) is 30.3 Å². The fraction of sp³-hybridized carbons (Fsp3) is 0.583. The topological polar surface area (TPSA) is 0 Å². The predicted molar refractivity (Wildman–Crippen MR) is 114 cm³/mol. The van der Waals surface area contributed by atoms with Gasteiger partial charge in [-0.05, 0) is 0 Å². The molecule has 4 rings (SSSR count). The molecule has 0 saturated heterocycles. The second-order valence-corrected chi connectivity index (χ2v) is 20.7. The molecule has 2 aromatic rings. The number of aryl methyl sites for hydroxylation is 6. The van der Waals surface area contributed by atoms with Gasteiger partial charge in [0.25, 0.3) is 0 Å². The van der Waals surface area contributed by atoms with Crippen LogP contribution in [0.4, 0.5) is 0 Å². The maximum absolute atomic E-state index is 2.40. The van der Waals surface area contributed by atoms with Crippen molar-refractivity contribution in [2.24, 2.45) is 0 Å². The van der Waals surface area contributed by atoms with E-state index in [9.17, 15) is 0 Å². The van der Waals surface area contributed by atoms with Crippen LogP contribution in [0, 0.1) is 0 Å². The van der Waals surface area contributed by atoms with Crippen LogP contribution in [0.1, 0.15) is 72.9 Å². The Morgan fingerprint density at radius 2 is 1.07 bits per heavy atom. The average Bonchev–Trinajstić information content (AvgIpc) is 3.24. The van der Waals surface area contributed by atoms with E-state index in [4.69, 9.17) is 0 Å². The molecule has 0 aliphatic heterocycles. The van der Waals surface area contributed by atoms with E-state index >= 15 is 0 Å². The number of fused-ring (bicyclic) bond motifs is 2. The Balaban J connectivity index is 0.000000415. The fourth-order valence-corrected chi connectivity index (χ4v) is 3.95. The van der Waals surface area contributed by atoms with Crippen molar-refractivity contribution in [1.29, 1.82) is 0 Å². The van der Waals surface area contributed by atoms with Gasteiger partial charge in [-0.1, -0.05) is 78.1 Å². The minimum atomic E-state index is 0. The summed E-state index contributed by atoms with van der Waals surface area (Å²) in [5, 5.41) is 0. The Morgan fingerprint density at radius 3 is 1.36 bits per heavy atom. The average molecular weight is 602 g/mol. The molecule has 0 N–H and O–H groups in total. The summed E-state index contributed by atoms with van der Waals surface area (Å²) in [5.74, 6) is 0. The smallest absolute Gasteiger partial charge is 1.00 e. The number of halogens is 2. The molecule has 4 heteroatoms. The molecule has 2 aliphatic rings. The van der Waals surface area contributed by atoms with E-state index in [0.29, 0.717) is 0 Å². The van der Waals surface area contributed by atoms with Crippen molar-refractivity contribution in [3.8, 4) is 0 Å². The molecule has 0 unspecified atom stereocenters. The molecule has 0 spiro atoms. The Labute approximate surface area is 200 Å². The van der Waals surface area contributed by atoms with Crippen molar-refractivity contribution in [1.82, 2.24) is 0 Å². The van der Waals surface area contributed by atoms with E-state index in [1.54, 1.807) is 22.3 Å². The van der Waals surface area contributed by atoms with Crippen LogP contribution in [0.5, 0.6) is 0 Å². The van der Waals surface area contributed by atoms with Crippen molar-refractivity contribution >= 4 is 5.49 Å². The van der Waals surface area contributed by atoms with Crippen LogP contribution in [0.3, 0.4) is 0 Å². The molecule has 0 aromatic heterocycles. The largest absolute Gasteiger partial charge is 1.00 e. The van der Waals surface area contributed by atoms with Crippen molar-refractivity contribution in [3.63, 3.8) is 0 Å². The molecule has 0 saturated carbocycles. The zero-order chi connectivity index (χ0) is 18.9. The quantitative estimate of drug-likeness (QED) is 0.347. The predicted octanol–water partition coefficient (Wildman–Crippen LogP) is 0.486. The molecular weight excluding hydrogens is 566 g/mol. The van der Waals surface area contributed by atoms with Crippen molar-refractivity contribution in [2.45, 2.75) is 91.1 Å². The standard InChI is InChI=1S/2C11H15.C2H6Si.2ClH.Hf/c2*1-2-9-7-10-5-3-4-6-11(10)8-9;1-3-2;;;/h2*7-8H,2-6H2,1H3;1-2H3;2*1H;/q2*-1;;;;+2/p-2. The summed E-state index contributed by atoms with van der Waals surface area (Å²) in [6.07, 6.45) is 13.3. The molecule has 156 valence electrons. The first kappa shape index (κ1) is 28.4. The van der Waals surface area contributed by atoms with Gasteiger partial charge in [-0.25, -0.2) is 12.1 Å². The van der Waals surface area contributed by atoms with Gasteiger partial charge in [0.2, 0.25) is 0 Å². The molecule has 0 nitrogen and oxygen atoms in total. The normalized spacial score (nSPS) is 13.9. The minimum absolute atomic E-state index is 0. The fourth-order valence-electron chi connectivity index (χ4n) is 3.95. The van der Waals surface area contributed by atoms with Crippen molar-refractivity contribution < 1.29 is 47.8 Å². The minimum Gasteiger partial charge on any atom is -1.00 e. The molecule has 2 aliphatic carbocycles. The van der Waals surface area contributed by atoms with Gasteiger partial charge in [0, 0.05) is 0 Å². The van der Waals surface area contributed by atoms with E-state index in [1.807, 2.05) is 0 Å². The summed E-state index contributed by atoms with van der Waals surface area (Å²) in [4.78, 5) is 0. The van der Waals surface area contributed by atoms with Crippen LogP contribution in [-0.2, 0) is 61.5 Å². The molecule has 2 aromatic carbocycles. The number of hydrogen-bond acceptors (Lipinski definition) is 0. The van der Waals surface area contributed by atoms with Crippen LogP contribution >= 0.6 is 0 Å². The monoisotopic (exact) mass is 602 g/mol.